The van der Waals surface area contributed by atoms with Gasteiger partial charge >= 0.3 is 0 Å². The smallest absolute Gasteiger partial charge is 0.127 e. The molecule has 0 spiro atoms. The highest BCUT2D eigenvalue weighted by atomic mass is 19.1. The Morgan fingerprint density at radius 1 is 1.33 bits per heavy atom. The van der Waals surface area contributed by atoms with Gasteiger partial charge in [-0.25, -0.2) is 4.39 Å². The molecule has 0 aliphatic carbocycles. The summed E-state index contributed by atoms with van der Waals surface area (Å²) in [5.41, 5.74) is 0.627. The van der Waals surface area contributed by atoms with E-state index in [0.717, 1.165) is 0 Å². The molecule has 0 aliphatic rings. The molecular weight excluding hydrogens is 191 g/mol. The topological polar surface area (TPSA) is 27.0 Å². The lowest BCUT2D eigenvalue weighted by Crippen LogP contribution is -2.30. The van der Waals surface area contributed by atoms with E-state index in [1.165, 1.54) is 6.07 Å². The van der Waals surface area contributed by atoms with Crippen molar-refractivity contribution < 1.29 is 4.39 Å². The molecule has 2 atom stereocenters. The van der Waals surface area contributed by atoms with Crippen molar-refractivity contribution in [3.05, 3.63) is 35.6 Å². The fourth-order valence-electron chi connectivity index (χ4n) is 1.46. The zero-order valence-corrected chi connectivity index (χ0v) is 9.24. The Bertz CT molecular complexity index is 370. The Morgan fingerprint density at radius 3 is 2.47 bits per heavy atom. The first-order valence-corrected chi connectivity index (χ1v) is 4.94. The molecule has 0 saturated heterocycles. The van der Waals surface area contributed by atoms with E-state index in [1.807, 2.05) is 18.9 Å². The molecule has 1 aromatic carbocycles. The molecule has 3 heteroatoms. The van der Waals surface area contributed by atoms with Gasteiger partial charge in [-0.1, -0.05) is 18.2 Å². The summed E-state index contributed by atoms with van der Waals surface area (Å²) in [5, 5.41) is 8.78. The Balaban J connectivity index is 2.91. The molecule has 2 nitrogen and oxygen atoms in total. The maximum atomic E-state index is 13.5. The number of halogens is 1. The van der Waals surface area contributed by atoms with Crippen LogP contribution in [-0.4, -0.2) is 18.0 Å². The summed E-state index contributed by atoms with van der Waals surface area (Å²) in [6.45, 7) is 3.70. The van der Waals surface area contributed by atoms with Crippen molar-refractivity contribution in [2.45, 2.75) is 25.9 Å². The van der Waals surface area contributed by atoms with E-state index in [1.54, 1.807) is 25.1 Å². The van der Waals surface area contributed by atoms with Crippen LogP contribution in [0.4, 0.5) is 4.39 Å². The van der Waals surface area contributed by atoms with Gasteiger partial charge in [0.05, 0.1) is 12.1 Å². The lowest BCUT2D eigenvalue weighted by atomic mass is 10.1. The van der Waals surface area contributed by atoms with Crippen LogP contribution in [0.3, 0.4) is 0 Å². The van der Waals surface area contributed by atoms with Crippen molar-refractivity contribution >= 4 is 0 Å². The third-order valence-corrected chi connectivity index (χ3v) is 2.76. The third-order valence-electron chi connectivity index (χ3n) is 2.76. The number of benzene rings is 1. The highest BCUT2D eigenvalue weighted by Crippen LogP contribution is 2.22. The molecule has 0 fully saturated rings. The Morgan fingerprint density at radius 2 is 1.93 bits per heavy atom. The summed E-state index contributed by atoms with van der Waals surface area (Å²) in [4.78, 5) is 1.85. The van der Waals surface area contributed by atoms with E-state index in [2.05, 4.69) is 6.07 Å². The normalized spacial score (nSPS) is 14.7. The molecule has 0 N–H and O–H groups in total. The SMILES string of the molecule is CC(C#N)N(C)C(C)c1ccccc1F. The second kappa shape index (κ2) is 4.90. The van der Waals surface area contributed by atoms with Crippen LogP contribution in [0.25, 0.3) is 0 Å². The molecule has 80 valence electrons. The van der Waals surface area contributed by atoms with Crippen molar-refractivity contribution in [2.75, 3.05) is 7.05 Å². The van der Waals surface area contributed by atoms with Gasteiger partial charge in [0, 0.05) is 11.6 Å². The van der Waals surface area contributed by atoms with Crippen LogP contribution < -0.4 is 0 Å². The van der Waals surface area contributed by atoms with Gasteiger partial charge in [0.15, 0.2) is 0 Å². The maximum Gasteiger partial charge on any atom is 0.127 e. The molecule has 0 aliphatic heterocycles. The van der Waals surface area contributed by atoms with Crippen molar-refractivity contribution in [3.8, 4) is 6.07 Å². The van der Waals surface area contributed by atoms with E-state index >= 15 is 0 Å². The molecule has 0 bridgehead atoms. The summed E-state index contributed by atoms with van der Waals surface area (Å²) in [6, 6.07) is 8.48. The summed E-state index contributed by atoms with van der Waals surface area (Å²) in [6.07, 6.45) is 0. The zero-order chi connectivity index (χ0) is 11.4. The number of hydrogen-bond donors (Lipinski definition) is 0. The molecule has 0 amide bonds. The second-order valence-corrected chi connectivity index (χ2v) is 3.67. The molecule has 1 rings (SSSR count). The predicted octanol–water partition coefficient (Wildman–Crippen LogP) is 2.73. The van der Waals surface area contributed by atoms with E-state index in [-0.39, 0.29) is 17.9 Å². The van der Waals surface area contributed by atoms with Crippen LogP contribution in [0, 0.1) is 17.1 Å². The molecule has 15 heavy (non-hydrogen) atoms. The molecular formula is C12H15FN2. The lowest BCUT2D eigenvalue weighted by molar-refractivity contribution is 0.229. The average molecular weight is 206 g/mol. The maximum absolute atomic E-state index is 13.5. The van der Waals surface area contributed by atoms with Crippen LogP contribution in [0.2, 0.25) is 0 Å². The second-order valence-electron chi connectivity index (χ2n) is 3.67. The third kappa shape index (κ3) is 2.54. The predicted molar refractivity (Wildman–Crippen MR) is 57.7 cm³/mol. The van der Waals surface area contributed by atoms with Gasteiger partial charge in [0.25, 0.3) is 0 Å². The van der Waals surface area contributed by atoms with E-state index in [9.17, 15) is 4.39 Å². The van der Waals surface area contributed by atoms with Gasteiger partial charge in [-0.05, 0) is 27.0 Å². The fraction of sp³-hybridized carbons (Fsp3) is 0.417. The molecule has 0 heterocycles. The minimum Gasteiger partial charge on any atom is -0.284 e. The van der Waals surface area contributed by atoms with Crippen molar-refractivity contribution in [2.24, 2.45) is 0 Å². The highest BCUT2D eigenvalue weighted by Gasteiger charge is 2.19. The molecule has 1 aromatic rings. The van der Waals surface area contributed by atoms with Crippen LogP contribution in [0.5, 0.6) is 0 Å². The largest absolute Gasteiger partial charge is 0.284 e. The molecule has 2 unspecified atom stereocenters. The van der Waals surface area contributed by atoms with Gasteiger partial charge < -0.3 is 0 Å². The summed E-state index contributed by atoms with van der Waals surface area (Å²) in [7, 11) is 1.82. The summed E-state index contributed by atoms with van der Waals surface area (Å²) >= 11 is 0. The molecule has 0 radical (unpaired) electrons. The Hall–Kier alpha value is -1.40. The van der Waals surface area contributed by atoms with Crippen molar-refractivity contribution in [1.82, 2.24) is 4.90 Å². The summed E-state index contributed by atoms with van der Waals surface area (Å²) < 4.78 is 13.5. The van der Waals surface area contributed by atoms with Gasteiger partial charge in [-0.15, -0.1) is 0 Å². The summed E-state index contributed by atoms with van der Waals surface area (Å²) in [5.74, 6) is -0.220. The van der Waals surface area contributed by atoms with Gasteiger partial charge in [0.2, 0.25) is 0 Å². The first-order valence-electron chi connectivity index (χ1n) is 4.94. The van der Waals surface area contributed by atoms with E-state index < -0.39 is 0 Å². The quantitative estimate of drug-likeness (QED) is 0.760. The monoisotopic (exact) mass is 206 g/mol. The zero-order valence-electron chi connectivity index (χ0n) is 9.24. The van der Waals surface area contributed by atoms with Crippen molar-refractivity contribution in [3.63, 3.8) is 0 Å². The molecule has 0 aromatic heterocycles. The Kier molecular flexibility index (Phi) is 3.81. The van der Waals surface area contributed by atoms with Gasteiger partial charge in [-0.2, -0.15) is 5.26 Å². The van der Waals surface area contributed by atoms with Gasteiger partial charge in [0.1, 0.15) is 5.82 Å². The Labute approximate surface area is 89.9 Å². The molecule has 0 saturated carbocycles. The number of nitrogens with zero attached hydrogens (tertiary/aromatic N) is 2. The standard InChI is InChI=1S/C12H15FN2/c1-9(8-14)15(3)10(2)11-6-4-5-7-12(11)13/h4-7,9-10H,1-3H3. The fourth-order valence-corrected chi connectivity index (χ4v) is 1.46. The van der Waals surface area contributed by atoms with Crippen LogP contribution >= 0.6 is 0 Å². The average Bonchev–Trinajstić information content (AvgIpc) is 2.26. The van der Waals surface area contributed by atoms with E-state index in [4.69, 9.17) is 5.26 Å². The highest BCUT2D eigenvalue weighted by molar-refractivity contribution is 5.21. The van der Waals surface area contributed by atoms with Crippen LogP contribution in [-0.2, 0) is 0 Å². The number of hydrogen-bond acceptors (Lipinski definition) is 2. The van der Waals surface area contributed by atoms with E-state index in [0.29, 0.717) is 5.56 Å². The van der Waals surface area contributed by atoms with Crippen LogP contribution in [0.1, 0.15) is 25.5 Å². The van der Waals surface area contributed by atoms with Gasteiger partial charge in [-0.3, -0.25) is 4.90 Å². The first-order chi connectivity index (χ1) is 7.07. The van der Waals surface area contributed by atoms with Crippen molar-refractivity contribution in [1.29, 1.82) is 5.26 Å². The first kappa shape index (κ1) is 11.7. The number of rotatable bonds is 3. The minimum atomic E-state index is -0.223. The lowest BCUT2D eigenvalue weighted by Gasteiger charge is -2.27. The van der Waals surface area contributed by atoms with Crippen LogP contribution in [0.15, 0.2) is 24.3 Å². The minimum absolute atomic E-state index is 0.0964. The number of nitriles is 1.